The van der Waals surface area contributed by atoms with Gasteiger partial charge in [-0.25, -0.2) is 8.78 Å². The fourth-order valence-electron chi connectivity index (χ4n) is 2.12. The number of fused-ring (bicyclic) bond motifs is 1. The van der Waals surface area contributed by atoms with Crippen molar-refractivity contribution in [1.82, 2.24) is 0 Å². The van der Waals surface area contributed by atoms with Crippen molar-refractivity contribution in [3.63, 3.8) is 0 Å². The lowest BCUT2D eigenvalue weighted by atomic mass is 9.99. The van der Waals surface area contributed by atoms with E-state index >= 15 is 0 Å². The van der Waals surface area contributed by atoms with E-state index in [2.05, 4.69) is 6.58 Å². The number of aliphatic hydroxyl groups is 1. The zero-order valence-corrected chi connectivity index (χ0v) is 9.08. The molecular weight excluding hydrogens is 224 g/mol. The standard InChI is InChI=1S/C13H11F2NO/c1-7-12(17)6-16(9-2-3-9)11-5-8(14)4-10(15)13(7)11/h4-6,9,17H,1-3H2. The maximum atomic E-state index is 13.7. The van der Waals surface area contributed by atoms with Crippen LogP contribution in [0.4, 0.5) is 14.5 Å². The second kappa shape index (κ2) is 3.32. The molecule has 4 heteroatoms. The van der Waals surface area contributed by atoms with Gasteiger partial charge in [0.2, 0.25) is 0 Å². The van der Waals surface area contributed by atoms with Crippen LogP contribution < -0.4 is 4.90 Å². The monoisotopic (exact) mass is 235 g/mol. The Bertz CT molecular complexity index is 547. The lowest BCUT2D eigenvalue weighted by Gasteiger charge is -2.29. The molecule has 2 aliphatic rings. The molecule has 1 saturated carbocycles. The van der Waals surface area contributed by atoms with Crippen molar-refractivity contribution in [2.45, 2.75) is 18.9 Å². The van der Waals surface area contributed by atoms with Crippen LogP contribution in [0.1, 0.15) is 18.4 Å². The van der Waals surface area contributed by atoms with E-state index in [9.17, 15) is 13.9 Å². The van der Waals surface area contributed by atoms with Crippen molar-refractivity contribution in [3.8, 4) is 0 Å². The Morgan fingerprint density at radius 2 is 2.00 bits per heavy atom. The third-order valence-corrected chi connectivity index (χ3v) is 3.12. The molecule has 1 N–H and O–H groups in total. The van der Waals surface area contributed by atoms with E-state index in [1.54, 1.807) is 4.90 Å². The minimum absolute atomic E-state index is 0.0603. The SMILES string of the molecule is C=C1C(O)=CN(C2CC2)c2cc(F)cc(F)c21. The van der Waals surface area contributed by atoms with Gasteiger partial charge in [-0.1, -0.05) is 6.58 Å². The molecule has 88 valence electrons. The first-order chi connectivity index (χ1) is 8.08. The summed E-state index contributed by atoms with van der Waals surface area (Å²) in [7, 11) is 0. The molecule has 0 radical (unpaired) electrons. The molecule has 1 aliphatic carbocycles. The molecule has 2 nitrogen and oxygen atoms in total. The van der Waals surface area contributed by atoms with Gasteiger partial charge in [0.25, 0.3) is 0 Å². The number of benzene rings is 1. The van der Waals surface area contributed by atoms with Gasteiger partial charge in [-0.3, -0.25) is 0 Å². The third kappa shape index (κ3) is 1.52. The second-order valence-electron chi connectivity index (χ2n) is 4.41. The van der Waals surface area contributed by atoms with E-state index < -0.39 is 11.6 Å². The molecule has 1 heterocycles. The van der Waals surface area contributed by atoms with Crippen LogP contribution in [-0.4, -0.2) is 11.1 Å². The Hall–Kier alpha value is -1.84. The summed E-state index contributed by atoms with van der Waals surface area (Å²) >= 11 is 0. The smallest absolute Gasteiger partial charge is 0.139 e. The minimum atomic E-state index is -0.685. The molecule has 1 aromatic rings. The van der Waals surface area contributed by atoms with Crippen molar-refractivity contribution in [2.24, 2.45) is 0 Å². The van der Waals surface area contributed by atoms with Gasteiger partial charge in [0.05, 0.1) is 5.69 Å². The summed E-state index contributed by atoms with van der Waals surface area (Å²) in [5, 5.41) is 9.72. The van der Waals surface area contributed by atoms with Crippen molar-refractivity contribution in [1.29, 1.82) is 0 Å². The average molecular weight is 235 g/mol. The molecule has 0 atom stereocenters. The maximum Gasteiger partial charge on any atom is 0.139 e. The zero-order chi connectivity index (χ0) is 12.2. The van der Waals surface area contributed by atoms with Crippen LogP contribution in [0.5, 0.6) is 0 Å². The van der Waals surface area contributed by atoms with Crippen LogP contribution in [0.3, 0.4) is 0 Å². The minimum Gasteiger partial charge on any atom is -0.506 e. The van der Waals surface area contributed by atoms with E-state index in [-0.39, 0.29) is 22.9 Å². The number of anilines is 1. The third-order valence-electron chi connectivity index (χ3n) is 3.12. The fraction of sp³-hybridized carbons (Fsp3) is 0.231. The van der Waals surface area contributed by atoms with Crippen LogP contribution in [0.2, 0.25) is 0 Å². The van der Waals surface area contributed by atoms with Crippen molar-refractivity contribution < 1.29 is 13.9 Å². The topological polar surface area (TPSA) is 23.5 Å². The van der Waals surface area contributed by atoms with Gasteiger partial charge in [0.15, 0.2) is 0 Å². The Morgan fingerprint density at radius 1 is 1.29 bits per heavy atom. The molecular formula is C13H11F2NO. The molecule has 1 fully saturated rings. The molecule has 0 amide bonds. The van der Waals surface area contributed by atoms with Gasteiger partial charge in [-0.15, -0.1) is 0 Å². The van der Waals surface area contributed by atoms with Crippen molar-refractivity contribution >= 4 is 11.3 Å². The number of rotatable bonds is 1. The van der Waals surface area contributed by atoms with Gasteiger partial charge in [0, 0.05) is 29.4 Å². The number of hydrogen-bond donors (Lipinski definition) is 1. The average Bonchev–Trinajstić information content (AvgIpc) is 3.06. The van der Waals surface area contributed by atoms with Gasteiger partial charge < -0.3 is 10.0 Å². The predicted molar refractivity (Wildman–Crippen MR) is 61.6 cm³/mol. The number of hydrogen-bond acceptors (Lipinski definition) is 2. The van der Waals surface area contributed by atoms with E-state index in [0.717, 1.165) is 18.9 Å². The Kier molecular flexibility index (Phi) is 2.02. The lowest BCUT2D eigenvalue weighted by Crippen LogP contribution is -2.24. The van der Waals surface area contributed by atoms with Gasteiger partial charge >= 0.3 is 0 Å². The number of aliphatic hydroxyl groups excluding tert-OH is 1. The van der Waals surface area contributed by atoms with Crippen LogP contribution in [0.15, 0.2) is 30.7 Å². The molecule has 3 rings (SSSR count). The molecule has 17 heavy (non-hydrogen) atoms. The van der Waals surface area contributed by atoms with Crippen LogP contribution >= 0.6 is 0 Å². The Morgan fingerprint density at radius 3 is 2.65 bits per heavy atom. The summed E-state index contributed by atoms with van der Waals surface area (Å²) in [5.74, 6) is -1.36. The first kappa shape index (κ1) is 10.3. The zero-order valence-electron chi connectivity index (χ0n) is 9.08. The summed E-state index contributed by atoms with van der Waals surface area (Å²) in [6.45, 7) is 3.63. The normalized spacial score (nSPS) is 19.1. The quantitative estimate of drug-likeness (QED) is 0.806. The summed E-state index contributed by atoms with van der Waals surface area (Å²) in [6, 6.07) is 2.32. The van der Waals surface area contributed by atoms with Crippen LogP contribution in [0, 0.1) is 11.6 Å². The fourth-order valence-corrected chi connectivity index (χ4v) is 2.12. The molecule has 1 aromatic carbocycles. The van der Waals surface area contributed by atoms with E-state index in [1.807, 2.05) is 0 Å². The van der Waals surface area contributed by atoms with Crippen molar-refractivity contribution in [3.05, 3.63) is 47.9 Å². The number of halogens is 2. The molecule has 0 bridgehead atoms. The van der Waals surface area contributed by atoms with Crippen LogP contribution in [-0.2, 0) is 0 Å². The van der Waals surface area contributed by atoms with Gasteiger partial charge in [-0.2, -0.15) is 0 Å². The Balaban J connectivity index is 2.22. The van der Waals surface area contributed by atoms with E-state index in [1.165, 1.54) is 12.3 Å². The summed E-state index contributed by atoms with van der Waals surface area (Å²) < 4.78 is 27.0. The number of allylic oxidation sites excluding steroid dienone is 1. The lowest BCUT2D eigenvalue weighted by molar-refractivity contribution is 0.432. The molecule has 0 aromatic heterocycles. The molecule has 0 spiro atoms. The van der Waals surface area contributed by atoms with Crippen LogP contribution in [0.25, 0.3) is 5.57 Å². The van der Waals surface area contributed by atoms with Crippen molar-refractivity contribution in [2.75, 3.05) is 4.90 Å². The predicted octanol–water partition coefficient (Wildman–Crippen LogP) is 3.36. The molecule has 1 aliphatic heterocycles. The maximum absolute atomic E-state index is 13.7. The van der Waals surface area contributed by atoms with E-state index in [4.69, 9.17) is 0 Å². The highest BCUT2D eigenvalue weighted by Crippen LogP contribution is 2.42. The first-order valence-corrected chi connectivity index (χ1v) is 5.46. The summed E-state index contributed by atoms with van der Waals surface area (Å²) in [5.41, 5.74) is 0.848. The Labute approximate surface area is 97.5 Å². The highest BCUT2D eigenvalue weighted by molar-refractivity contribution is 5.87. The second-order valence-corrected chi connectivity index (χ2v) is 4.41. The van der Waals surface area contributed by atoms with Gasteiger partial charge in [0.1, 0.15) is 17.4 Å². The first-order valence-electron chi connectivity index (χ1n) is 5.46. The highest BCUT2D eigenvalue weighted by Gasteiger charge is 2.34. The van der Waals surface area contributed by atoms with Gasteiger partial charge in [-0.05, 0) is 18.9 Å². The summed E-state index contributed by atoms with van der Waals surface area (Å²) in [4.78, 5) is 1.73. The molecule has 0 unspecified atom stereocenters. The number of nitrogens with zero attached hydrogens (tertiary/aromatic N) is 1. The molecule has 0 saturated heterocycles. The highest BCUT2D eigenvalue weighted by atomic mass is 19.1. The summed E-state index contributed by atoms with van der Waals surface area (Å²) in [6.07, 6.45) is 3.43. The van der Waals surface area contributed by atoms with E-state index in [0.29, 0.717) is 5.69 Å². The largest absolute Gasteiger partial charge is 0.506 e.